The van der Waals surface area contributed by atoms with Gasteiger partial charge in [0.1, 0.15) is 18.2 Å². The highest BCUT2D eigenvalue weighted by Crippen LogP contribution is 2.35. The quantitative estimate of drug-likeness (QED) is 0.766. The Labute approximate surface area is 160 Å². The van der Waals surface area contributed by atoms with E-state index in [1.807, 2.05) is 6.07 Å². The molecule has 1 aromatic heterocycles. The highest BCUT2D eigenvalue weighted by molar-refractivity contribution is 5.85. The molecule has 28 heavy (non-hydrogen) atoms. The third kappa shape index (κ3) is 3.45. The lowest BCUT2D eigenvalue weighted by atomic mass is 10.1. The number of anilines is 1. The Bertz CT molecular complexity index is 923. The number of allylic oxidation sites excluding steroid dienone is 1. The molecule has 10 heteroatoms. The lowest BCUT2D eigenvalue weighted by molar-refractivity contribution is 0.00765. The number of rotatable bonds is 5. The first-order chi connectivity index (χ1) is 13.7. The van der Waals surface area contributed by atoms with Gasteiger partial charge in [-0.15, -0.1) is 11.7 Å². The number of carbonyl (C=O) groups excluding carboxylic acids is 1. The van der Waals surface area contributed by atoms with Crippen LogP contribution in [0, 0.1) is 11.3 Å². The molecule has 1 N–H and O–H groups in total. The van der Waals surface area contributed by atoms with Crippen LogP contribution in [0.25, 0.3) is 0 Å². The summed E-state index contributed by atoms with van der Waals surface area (Å²) >= 11 is 0. The van der Waals surface area contributed by atoms with Gasteiger partial charge in [0.2, 0.25) is 0 Å². The van der Waals surface area contributed by atoms with Crippen molar-refractivity contribution in [3.63, 3.8) is 0 Å². The number of fused-ring (bicyclic) bond motifs is 1. The van der Waals surface area contributed by atoms with Crippen molar-refractivity contribution < 1.29 is 19.0 Å². The van der Waals surface area contributed by atoms with Gasteiger partial charge in [0.15, 0.2) is 11.9 Å². The fraction of sp³-hybridized carbons (Fsp3) is 0.389. The van der Waals surface area contributed by atoms with Crippen molar-refractivity contribution in [2.75, 3.05) is 18.5 Å². The normalized spacial score (nSPS) is 25.7. The Morgan fingerprint density at radius 2 is 2.29 bits per heavy atom. The monoisotopic (exact) mass is 382 g/mol. The van der Waals surface area contributed by atoms with Crippen LogP contribution in [0.4, 0.5) is 10.5 Å². The van der Waals surface area contributed by atoms with E-state index >= 15 is 0 Å². The van der Waals surface area contributed by atoms with Crippen LogP contribution in [0.1, 0.15) is 17.4 Å². The molecule has 2 aliphatic heterocycles. The first kappa shape index (κ1) is 18.1. The van der Waals surface area contributed by atoms with E-state index in [-0.39, 0.29) is 18.8 Å². The van der Waals surface area contributed by atoms with Gasteiger partial charge < -0.3 is 14.2 Å². The summed E-state index contributed by atoms with van der Waals surface area (Å²) in [6.45, 7) is 4.28. The number of ether oxygens (including phenoxy) is 3. The Morgan fingerprint density at radius 3 is 3.11 bits per heavy atom. The molecule has 0 radical (unpaired) electrons. The zero-order chi connectivity index (χ0) is 19.5. The van der Waals surface area contributed by atoms with Crippen molar-refractivity contribution in [1.82, 2.24) is 20.2 Å². The van der Waals surface area contributed by atoms with Gasteiger partial charge >= 0.3 is 6.09 Å². The predicted octanol–water partition coefficient (Wildman–Crippen LogP) is 1.23. The molecule has 144 valence electrons. The van der Waals surface area contributed by atoms with Gasteiger partial charge in [0.05, 0.1) is 24.8 Å². The van der Waals surface area contributed by atoms with E-state index in [9.17, 15) is 4.79 Å². The highest BCUT2D eigenvalue weighted by atomic mass is 16.6. The maximum atomic E-state index is 12.2. The molecule has 0 bridgehead atoms. The Morgan fingerprint density at radius 1 is 1.43 bits per heavy atom. The zero-order valence-corrected chi connectivity index (χ0v) is 14.9. The van der Waals surface area contributed by atoms with Crippen molar-refractivity contribution in [2.24, 2.45) is 0 Å². The van der Waals surface area contributed by atoms with Crippen LogP contribution >= 0.6 is 0 Å². The second-order valence-electron chi connectivity index (χ2n) is 6.46. The van der Waals surface area contributed by atoms with E-state index in [0.717, 1.165) is 0 Å². The summed E-state index contributed by atoms with van der Waals surface area (Å²) in [5.41, 5.74) is 0.924. The Balaban J connectivity index is 1.39. The van der Waals surface area contributed by atoms with E-state index in [0.29, 0.717) is 30.1 Å². The molecule has 3 heterocycles. The van der Waals surface area contributed by atoms with Crippen LogP contribution in [-0.4, -0.2) is 57.8 Å². The van der Waals surface area contributed by atoms with Crippen LogP contribution in [0.3, 0.4) is 0 Å². The topological polar surface area (TPSA) is 124 Å². The molecule has 0 unspecified atom stereocenters. The molecule has 10 nitrogen and oxygen atoms in total. The predicted molar refractivity (Wildman–Crippen MR) is 95.3 cm³/mol. The number of nitriles is 1. The van der Waals surface area contributed by atoms with E-state index in [1.54, 1.807) is 35.0 Å². The number of hydrogen-bond donors (Lipinski definition) is 1. The molecule has 2 aliphatic rings. The smallest absolute Gasteiger partial charge is 0.412 e. The first-order valence-electron chi connectivity index (χ1n) is 8.78. The lowest BCUT2D eigenvalue weighted by Gasteiger charge is -2.17. The highest BCUT2D eigenvalue weighted by Gasteiger charge is 2.51. The number of nitrogens with one attached hydrogen (secondary N) is 1. The number of aromatic nitrogens is 4. The summed E-state index contributed by atoms with van der Waals surface area (Å²) in [6.07, 6.45) is 0.362. The molecular weight excluding hydrogens is 364 g/mol. The van der Waals surface area contributed by atoms with Gasteiger partial charge in [0, 0.05) is 12.1 Å². The van der Waals surface area contributed by atoms with E-state index in [2.05, 4.69) is 27.4 Å². The number of nitrogens with zero attached hydrogens (tertiary/aromatic N) is 5. The van der Waals surface area contributed by atoms with Gasteiger partial charge in [-0.1, -0.05) is 12.1 Å². The summed E-state index contributed by atoms with van der Waals surface area (Å²) in [5.74, 6) is 0.673. The first-order valence-corrected chi connectivity index (χ1v) is 8.78. The molecule has 1 amide bonds. The summed E-state index contributed by atoms with van der Waals surface area (Å²) in [6, 6.07) is 8.40. The third-order valence-electron chi connectivity index (χ3n) is 4.68. The minimum absolute atomic E-state index is 0.195. The Kier molecular flexibility index (Phi) is 5.01. The summed E-state index contributed by atoms with van der Waals surface area (Å²) in [5, 5.41) is 23.3. The number of carbonyl (C=O) groups is 1. The van der Waals surface area contributed by atoms with Gasteiger partial charge in [-0.3, -0.25) is 5.32 Å². The fourth-order valence-corrected chi connectivity index (χ4v) is 3.44. The molecule has 0 saturated carbocycles. The SMILES string of the molecule is C=CCc1nnnn1[C@@H]1CO[C@@H]2[C@@H]1OC[C@H]2OC(=O)Nc1cccc(C#N)c1. The molecular formula is C18H18N6O4. The second-order valence-corrected chi connectivity index (χ2v) is 6.46. The van der Waals surface area contributed by atoms with Gasteiger partial charge in [-0.25, -0.2) is 9.48 Å². The molecule has 4 atom stereocenters. The minimum atomic E-state index is -0.633. The molecule has 1 aromatic carbocycles. The van der Waals surface area contributed by atoms with Crippen LogP contribution < -0.4 is 5.32 Å². The lowest BCUT2D eigenvalue weighted by Crippen LogP contribution is -2.35. The van der Waals surface area contributed by atoms with Crippen molar-refractivity contribution in [3.8, 4) is 6.07 Å². The van der Waals surface area contributed by atoms with Crippen molar-refractivity contribution in [1.29, 1.82) is 5.26 Å². The van der Waals surface area contributed by atoms with Gasteiger partial charge in [0.25, 0.3) is 0 Å². The van der Waals surface area contributed by atoms with E-state index in [4.69, 9.17) is 19.5 Å². The maximum absolute atomic E-state index is 12.2. The largest absolute Gasteiger partial charge is 0.441 e. The average Bonchev–Trinajstić information content (AvgIpc) is 3.40. The van der Waals surface area contributed by atoms with Gasteiger partial charge in [-0.2, -0.15) is 5.26 Å². The molecule has 0 aliphatic carbocycles. The molecule has 2 saturated heterocycles. The van der Waals surface area contributed by atoms with E-state index < -0.39 is 18.3 Å². The second kappa shape index (κ2) is 7.75. The van der Waals surface area contributed by atoms with Crippen molar-refractivity contribution in [3.05, 3.63) is 48.3 Å². The number of tetrazole rings is 1. The van der Waals surface area contributed by atoms with E-state index in [1.165, 1.54) is 0 Å². The summed E-state index contributed by atoms with van der Waals surface area (Å²) in [4.78, 5) is 12.2. The number of hydrogen-bond acceptors (Lipinski definition) is 8. The number of benzene rings is 1. The molecule has 2 fully saturated rings. The average molecular weight is 382 g/mol. The zero-order valence-electron chi connectivity index (χ0n) is 14.9. The Hall–Kier alpha value is -3.29. The number of amides is 1. The maximum Gasteiger partial charge on any atom is 0.412 e. The van der Waals surface area contributed by atoms with Gasteiger partial charge in [-0.05, 0) is 28.6 Å². The summed E-state index contributed by atoms with van der Waals surface area (Å²) < 4.78 is 18.8. The molecule has 4 rings (SSSR count). The van der Waals surface area contributed by atoms with Crippen molar-refractivity contribution in [2.45, 2.75) is 30.8 Å². The van der Waals surface area contributed by atoms with Crippen LogP contribution in [0.15, 0.2) is 36.9 Å². The van der Waals surface area contributed by atoms with Crippen molar-refractivity contribution >= 4 is 11.8 Å². The standard InChI is InChI=1S/C18H18N6O4/c1-2-4-15-21-22-23-24(15)13-9-26-17-14(10-27-16(13)17)28-18(25)20-12-6-3-5-11(7-12)8-19/h2-3,5-7,13-14,16-17H,1,4,9-10H2,(H,20,25)/t13-,14-,16-,17+/m1/s1. The molecule has 2 aromatic rings. The van der Waals surface area contributed by atoms with Crippen LogP contribution in [-0.2, 0) is 20.6 Å². The third-order valence-corrected chi connectivity index (χ3v) is 4.68. The van der Waals surface area contributed by atoms with Crippen LogP contribution in [0.5, 0.6) is 0 Å². The minimum Gasteiger partial charge on any atom is -0.441 e. The van der Waals surface area contributed by atoms with Crippen LogP contribution in [0.2, 0.25) is 0 Å². The molecule has 0 spiro atoms. The summed E-state index contributed by atoms with van der Waals surface area (Å²) in [7, 11) is 0. The fourth-order valence-electron chi connectivity index (χ4n) is 3.44.